The van der Waals surface area contributed by atoms with Crippen molar-refractivity contribution in [2.24, 2.45) is 0 Å². The fourth-order valence-electron chi connectivity index (χ4n) is 5.18. The van der Waals surface area contributed by atoms with E-state index in [9.17, 15) is 31.6 Å². The second-order valence-corrected chi connectivity index (χ2v) is 8.53. The predicted molar refractivity (Wildman–Crippen MR) is 141 cm³/mol. The summed E-state index contributed by atoms with van der Waals surface area (Å²) < 4.78 is 32.2. The van der Waals surface area contributed by atoms with Crippen molar-refractivity contribution in [1.29, 1.82) is 31.6 Å². The Morgan fingerprint density at radius 3 is 1.05 bits per heavy atom. The normalized spacial score (nSPS) is 12.8. The van der Waals surface area contributed by atoms with Crippen LogP contribution in [0.25, 0.3) is 44.5 Å². The van der Waals surface area contributed by atoms with E-state index in [1.165, 1.54) is 0 Å². The van der Waals surface area contributed by atoms with E-state index in [2.05, 4.69) is 0 Å². The highest BCUT2D eigenvalue weighted by molar-refractivity contribution is 6.20. The van der Waals surface area contributed by atoms with Gasteiger partial charge in [-0.25, -0.2) is 8.78 Å². The average molecular weight is 516 g/mol. The van der Waals surface area contributed by atoms with Gasteiger partial charge in [0.25, 0.3) is 0 Å². The van der Waals surface area contributed by atoms with Crippen LogP contribution in [0.3, 0.4) is 0 Å². The van der Waals surface area contributed by atoms with E-state index in [0.29, 0.717) is 11.1 Å². The van der Waals surface area contributed by atoms with Crippen molar-refractivity contribution in [3.8, 4) is 58.7 Å². The second kappa shape index (κ2) is 9.71. The Balaban J connectivity index is 2.23. The minimum absolute atomic E-state index is 0.0341. The summed E-state index contributed by atoms with van der Waals surface area (Å²) in [6.45, 7) is 0. The minimum atomic E-state index is -1.12. The third kappa shape index (κ3) is 3.33. The van der Waals surface area contributed by atoms with Crippen molar-refractivity contribution in [2.45, 2.75) is 0 Å². The van der Waals surface area contributed by atoms with Crippen molar-refractivity contribution >= 4 is 22.3 Å². The van der Waals surface area contributed by atoms with Crippen LogP contribution in [0.15, 0.2) is 83.5 Å². The topological polar surface area (TPSA) is 143 Å². The van der Waals surface area contributed by atoms with Gasteiger partial charge in [-0.2, -0.15) is 31.6 Å². The number of rotatable bonds is 2. The molecule has 0 aromatic heterocycles. The highest BCUT2D eigenvalue weighted by Gasteiger charge is 2.43. The first-order chi connectivity index (χ1) is 19.5. The third-order valence-corrected chi connectivity index (χ3v) is 6.67. The lowest BCUT2D eigenvalue weighted by atomic mass is 9.78. The molecule has 0 radical (unpaired) electrons. The van der Waals surface area contributed by atoms with Crippen LogP contribution in [-0.4, -0.2) is 0 Å². The van der Waals surface area contributed by atoms with E-state index < -0.39 is 45.1 Å². The van der Waals surface area contributed by atoms with Gasteiger partial charge in [-0.05, 0) is 22.3 Å². The lowest BCUT2D eigenvalue weighted by Crippen LogP contribution is -2.04. The maximum Gasteiger partial charge on any atom is 0.151 e. The van der Waals surface area contributed by atoms with Gasteiger partial charge >= 0.3 is 0 Å². The number of nitrogens with zero attached hydrogens (tertiary/aromatic N) is 6. The Morgan fingerprint density at radius 2 is 0.775 bits per heavy atom. The molecule has 3 aromatic rings. The van der Waals surface area contributed by atoms with E-state index in [4.69, 9.17) is 0 Å². The van der Waals surface area contributed by atoms with Gasteiger partial charge in [-0.3, -0.25) is 0 Å². The Labute approximate surface area is 227 Å². The number of hydrogen-bond donors (Lipinski definition) is 0. The molecular weight excluding hydrogens is 506 g/mol. The summed E-state index contributed by atoms with van der Waals surface area (Å²) in [6.07, 6.45) is 0. The van der Waals surface area contributed by atoms with Crippen molar-refractivity contribution in [2.75, 3.05) is 0 Å². The van der Waals surface area contributed by atoms with Crippen molar-refractivity contribution in [3.05, 3.63) is 106 Å². The first-order valence-electron chi connectivity index (χ1n) is 11.5. The molecular formula is C32H10F2N6. The molecule has 0 N–H and O–H groups in total. The van der Waals surface area contributed by atoms with E-state index >= 15 is 8.78 Å². The molecule has 0 saturated heterocycles. The van der Waals surface area contributed by atoms with E-state index in [-0.39, 0.29) is 33.4 Å². The van der Waals surface area contributed by atoms with Gasteiger partial charge in [-0.15, -0.1) is 0 Å². The number of nitriles is 6. The van der Waals surface area contributed by atoms with E-state index in [0.717, 1.165) is 0 Å². The van der Waals surface area contributed by atoms with Gasteiger partial charge < -0.3 is 0 Å². The molecule has 0 unspecified atom stereocenters. The zero-order chi connectivity index (χ0) is 28.6. The van der Waals surface area contributed by atoms with E-state index in [1.54, 1.807) is 84.9 Å². The summed E-state index contributed by atoms with van der Waals surface area (Å²) in [4.78, 5) is 0. The monoisotopic (exact) mass is 516 g/mol. The first-order valence-corrected chi connectivity index (χ1v) is 11.5. The molecule has 2 aliphatic rings. The molecule has 6 nitrogen and oxygen atoms in total. The summed E-state index contributed by atoms with van der Waals surface area (Å²) in [7, 11) is 0. The Hall–Kier alpha value is -6.58. The predicted octanol–water partition coefficient (Wildman–Crippen LogP) is 7.06. The Kier molecular flexibility index (Phi) is 6.09. The summed E-state index contributed by atoms with van der Waals surface area (Å²) >= 11 is 0. The number of halogens is 2. The smallest absolute Gasteiger partial charge is 0.151 e. The van der Waals surface area contributed by atoms with Crippen molar-refractivity contribution in [3.63, 3.8) is 0 Å². The quantitative estimate of drug-likeness (QED) is 0.334. The maximum absolute atomic E-state index is 16.1. The molecule has 3 aromatic carbocycles. The molecule has 0 aliphatic heterocycles. The molecule has 0 fully saturated rings. The van der Waals surface area contributed by atoms with Gasteiger partial charge in [0.1, 0.15) is 47.6 Å². The molecule has 0 spiro atoms. The second-order valence-electron chi connectivity index (χ2n) is 8.53. The Morgan fingerprint density at radius 1 is 0.450 bits per heavy atom. The lowest BCUT2D eigenvalue weighted by molar-refractivity contribution is 0.681. The molecule has 5 rings (SSSR count). The van der Waals surface area contributed by atoms with Crippen LogP contribution in [0.1, 0.15) is 22.3 Å². The molecule has 182 valence electrons. The fraction of sp³-hybridized carbons (Fsp3) is 0. The maximum atomic E-state index is 16.1. The van der Waals surface area contributed by atoms with Gasteiger partial charge in [-0.1, -0.05) is 60.7 Å². The number of benzene rings is 3. The van der Waals surface area contributed by atoms with Crippen molar-refractivity contribution in [1.82, 2.24) is 0 Å². The molecule has 0 saturated carbocycles. The average Bonchev–Trinajstić information content (AvgIpc) is 3.44. The van der Waals surface area contributed by atoms with Crippen molar-refractivity contribution < 1.29 is 8.78 Å². The van der Waals surface area contributed by atoms with Gasteiger partial charge in [0.15, 0.2) is 11.7 Å². The van der Waals surface area contributed by atoms with Crippen LogP contribution in [0.5, 0.6) is 0 Å². The van der Waals surface area contributed by atoms with Crippen LogP contribution in [0.4, 0.5) is 8.78 Å². The summed E-state index contributed by atoms with van der Waals surface area (Å²) in [6, 6.07) is 26.8. The highest BCUT2D eigenvalue weighted by atomic mass is 19.1. The summed E-state index contributed by atoms with van der Waals surface area (Å²) in [5, 5.41) is 59.3. The van der Waals surface area contributed by atoms with Crippen LogP contribution >= 0.6 is 0 Å². The van der Waals surface area contributed by atoms with Gasteiger partial charge in [0, 0.05) is 33.4 Å². The zero-order valence-electron chi connectivity index (χ0n) is 20.2. The first kappa shape index (κ1) is 25.1. The van der Waals surface area contributed by atoms with Gasteiger partial charge in [0.2, 0.25) is 0 Å². The molecule has 8 heteroatoms. The molecule has 40 heavy (non-hydrogen) atoms. The number of allylic oxidation sites excluding steroid dienone is 8. The van der Waals surface area contributed by atoms with Crippen LogP contribution in [0, 0.1) is 68.0 Å². The fourth-order valence-corrected chi connectivity index (χ4v) is 5.18. The summed E-state index contributed by atoms with van der Waals surface area (Å²) in [5.41, 5.74) is -2.40. The molecule has 0 heterocycles. The number of fused-ring (bicyclic) bond motifs is 2. The van der Waals surface area contributed by atoms with E-state index in [1.807, 2.05) is 12.1 Å². The lowest BCUT2D eigenvalue weighted by Gasteiger charge is -2.22. The molecule has 0 amide bonds. The minimum Gasteiger partial charge on any atom is -0.205 e. The molecule has 0 bridgehead atoms. The highest BCUT2D eigenvalue weighted by Crippen LogP contribution is 2.59. The third-order valence-electron chi connectivity index (χ3n) is 6.67. The SMILES string of the molecule is N#CC(C#N)=C1C(F)=C(C#N)c2c1c(-c1ccccc1)c1c(c2-c2ccccc2)C(=C(C#N)C#N)C(F)=C1C#N. The standard InChI is InChI=1S/C32H10F2N6/c33-31-21(15-39)27-23(17-7-3-1-4-8-17)29-25(19(11-35)12-36)32(34)22(16-40)28(29)24(18-9-5-2-6-10-18)30(27)26(31)20(13-37)14-38/h1-10H. The molecule has 0 atom stereocenters. The van der Waals surface area contributed by atoms with Crippen LogP contribution in [-0.2, 0) is 0 Å². The number of hydrogen-bond acceptors (Lipinski definition) is 6. The largest absolute Gasteiger partial charge is 0.205 e. The Bertz CT molecular complexity index is 1870. The summed E-state index contributed by atoms with van der Waals surface area (Å²) in [5.74, 6) is -2.24. The van der Waals surface area contributed by atoms with Crippen LogP contribution in [0.2, 0.25) is 0 Å². The zero-order valence-corrected chi connectivity index (χ0v) is 20.2. The molecule has 2 aliphatic carbocycles. The van der Waals surface area contributed by atoms with Gasteiger partial charge in [0.05, 0.1) is 11.1 Å². The van der Waals surface area contributed by atoms with Crippen LogP contribution < -0.4 is 0 Å².